The predicted molar refractivity (Wildman–Crippen MR) is 69.0 cm³/mol. The fourth-order valence-corrected chi connectivity index (χ4v) is 2.35. The van der Waals surface area contributed by atoms with Crippen LogP contribution in [0, 0.1) is 5.41 Å². The molecule has 1 aromatic rings. The van der Waals surface area contributed by atoms with Crippen LogP contribution in [0.2, 0.25) is 0 Å². The highest BCUT2D eigenvalue weighted by atomic mass is 35.5. The maximum absolute atomic E-state index is 5.94. The molecular weight excluding hydrogens is 220 g/mol. The number of piperidine rings is 1. The third-order valence-corrected chi connectivity index (χ3v) is 3.72. The van der Waals surface area contributed by atoms with E-state index in [1.807, 2.05) is 12.3 Å². The Kier molecular flexibility index (Phi) is 3.38. The third-order valence-electron chi connectivity index (χ3n) is 3.43. The van der Waals surface area contributed by atoms with Crippen molar-refractivity contribution in [3.63, 3.8) is 0 Å². The van der Waals surface area contributed by atoms with E-state index in [1.54, 1.807) is 0 Å². The number of rotatable bonds is 2. The van der Waals surface area contributed by atoms with Gasteiger partial charge in [-0.2, -0.15) is 0 Å². The smallest absolute Gasteiger partial charge is 0.132 e. The number of nitrogens with zero attached hydrogens (tertiary/aromatic N) is 2. The molecule has 0 aromatic carbocycles. The lowest BCUT2D eigenvalue weighted by Crippen LogP contribution is -2.38. The summed E-state index contributed by atoms with van der Waals surface area (Å²) in [5.41, 5.74) is 1.62. The summed E-state index contributed by atoms with van der Waals surface area (Å²) in [6.07, 6.45) is 4.31. The molecule has 0 spiro atoms. The SMILES string of the molecule is CC1(C)CCN(c2ncccc2CCl)CC1. The molecule has 1 aliphatic rings. The Morgan fingerprint density at radius 2 is 2.06 bits per heavy atom. The number of halogens is 1. The summed E-state index contributed by atoms with van der Waals surface area (Å²) < 4.78 is 0. The van der Waals surface area contributed by atoms with Gasteiger partial charge in [-0.3, -0.25) is 0 Å². The first kappa shape index (κ1) is 11.7. The maximum Gasteiger partial charge on any atom is 0.132 e. The Bertz CT molecular complexity index is 353. The minimum absolute atomic E-state index is 0.479. The summed E-state index contributed by atoms with van der Waals surface area (Å²) in [5, 5.41) is 0. The van der Waals surface area contributed by atoms with Crippen molar-refractivity contribution in [1.82, 2.24) is 4.98 Å². The second-order valence-corrected chi connectivity index (χ2v) is 5.54. The second kappa shape index (κ2) is 4.62. The molecule has 0 atom stereocenters. The molecule has 2 nitrogen and oxygen atoms in total. The van der Waals surface area contributed by atoms with E-state index in [4.69, 9.17) is 11.6 Å². The summed E-state index contributed by atoms with van der Waals surface area (Å²) in [7, 11) is 0. The van der Waals surface area contributed by atoms with Gasteiger partial charge in [-0.1, -0.05) is 19.9 Å². The van der Waals surface area contributed by atoms with Gasteiger partial charge in [-0.25, -0.2) is 4.98 Å². The Labute approximate surface area is 103 Å². The van der Waals surface area contributed by atoms with Crippen LogP contribution >= 0.6 is 11.6 Å². The summed E-state index contributed by atoms with van der Waals surface area (Å²) in [4.78, 5) is 6.83. The quantitative estimate of drug-likeness (QED) is 0.734. The van der Waals surface area contributed by atoms with Gasteiger partial charge < -0.3 is 4.90 Å². The summed E-state index contributed by atoms with van der Waals surface area (Å²) in [5.74, 6) is 1.62. The Balaban J connectivity index is 2.14. The molecule has 0 amide bonds. The van der Waals surface area contributed by atoms with Gasteiger partial charge in [-0.05, 0) is 24.3 Å². The molecule has 0 N–H and O–H groups in total. The topological polar surface area (TPSA) is 16.1 Å². The zero-order valence-electron chi connectivity index (χ0n) is 10.0. The molecule has 16 heavy (non-hydrogen) atoms. The minimum Gasteiger partial charge on any atom is -0.356 e. The average Bonchev–Trinajstić information content (AvgIpc) is 2.29. The molecule has 3 heteroatoms. The first-order valence-electron chi connectivity index (χ1n) is 5.87. The first-order valence-corrected chi connectivity index (χ1v) is 6.41. The van der Waals surface area contributed by atoms with E-state index >= 15 is 0 Å². The highest BCUT2D eigenvalue weighted by molar-refractivity contribution is 6.17. The molecule has 1 fully saturated rings. The van der Waals surface area contributed by atoms with Crippen molar-refractivity contribution in [3.05, 3.63) is 23.9 Å². The van der Waals surface area contributed by atoms with Crippen molar-refractivity contribution in [2.24, 2.45) is 5.41 Å². The van der Waals surface area contributed by atoms with Crippen LogP contribution in [0.1, 0.15) is 32.3 Å². The maximum atomic E-state index is 5.94. The lowest BCUT2D eigenvalue weighted by atomic mass is 9.82. The monoisotopic (exact) mass is 238 g/mol. The molecule has 0 radical (unpaired) electrons. The van der Waals surface area contributed by atoms with Crippen molar-refractivity contribution in [3.8, 4) is 0 Å². The van der Waals surface area contributed by atoms with Gasteiger partial charge in [0.1, 0.15) is 5.82 Å². The average molecular weight is 239 g/mol. The number of hydrogen-bond donors (Lipinski definition) is 0. The summed E-state index contributed by atoms with van der Waals surface area (Å²) in [6.45, 7) is 6.86. The second-order valence-electron chi connectivity index (χ2n) is 5.27. The third kappa shape index (κ3) is 2.49. The van der Waals surface area contributed by atoms with E-state index < -0.39 is 0 Å². The Morgan fingerprint density at radius 1 is 1.38 bits per heavy atom. The van der Waals surface area contributed by atoms with Gasteiger partial charge in [0.05, 0.1) is 5.88 Å². The minimum atomic E-state index is 0.479. The van der Waals surface area contributed by atoms with E-state index in [2.05, 4.69) is 29.8 Å². The van der Waals surface area contributed by atoms with Crippen molar-refractivity contribution >= 4 is 17.4 Å². The van der Waals surface area contributed by atoms with Crippen LogP contribution in [-0.2, 0) is 5.88 Å². The fourth-order valence-electron chi connectivity index (χ4n) is 2.14. The number of alkyl halides is 1. The van der Waals surface area contributed by atoms with E-state index in [9.17, 15) is 0 Å². The Hall–Kier alpha value is -0.760. The van der Waals surface area contributed by atoms with Crippen LogP contribution in [0.5, 0.6) is 0 Å². The lowest BCUT2D eigenvalue weighted by molar-refractivity contribution is 0.279. The van der Waals surface area contributed by atoms with E-state index in [-0.39, 0.29) is 0 Å². The fraction of sp³-hybridized carbons (Fsp3) is 0.615. The molecule has 1 saturated heterocycles. The molecule has 0 saturated carbocycles. The van der Waals surface area contributed by atoms with Crippen molar-refractivity contribution < 1.29 is 0 Å². The van der Waals surface area contributed by atoms with Gasteiger partial charge in [0.2, 0.25) is 0 Å². The van der Waals surface area contributed by atoms with Crippen LogP contribution in [0.15, 0.2) is 18.3 Å². The molecular formula is C13H19ClN2. The molecule has 2 heterocycles. The van der Waals surface area contributed by atoms with Crippen LogP contribution in [-0.4, -0.2) is 18.1 Å². The zero-order chi connectivity index (χ0) is 11.6. The van der Waals surface area contributed by atoms with E-state index in [1.165, 1.54) is 12.8 Å². The van der Waals surface area contributed by atoms with Gasteiger partial charge in [0.25, 0.3) is 0 Å². The Morgan fingerprint density at radius 3 is 2.69 bits per heavy atom. The molecule has 0 aliphatic carbocycles. The molecule has 1 aromatic heterocycles. The highest BCUT2D eigenvalue weighted by Gasteiger charge is 2.26. The van der Waals surface area contributed by atoms with Crippen LogP contribution in [0.25, 0.3) is 0 Å². The van der Waals surface area contributed by atoms with Gasteiger partial charge in [0, 0.05) is 24.8 Å². The molecule has 0 unspecified atom stereocenters. The van der Waals surface area contributed by atoms with Crippen molar-refractivity contribution in [1.29, 1.82) is 0 Å². The van der Waals surface area contributed by atoms with Crippen LogP contribution in [0.3, 0.4) is 0 Å². The van der Waals surface area contributed by atoms with Gasteiger partial charge in [0.15, 0.2) is 0 Å². The van der Waals surface area contributed by atoms with E-state index in [0.717, 1.165) is 24.5 Å². The summed E-state index contributed by atoms with van der Waals surface area (Å²) in [6, 6.07) is 4.02. The van der Waals surface area contributed by atoms with Crippen molar-refractivity contribution in [2.75, 3.05) is 18.0 Å². The van der Waals surface area contributed by atoms with Gasteiger partial charge in [-0.15, -0.1) is 11.6 Å². The van der Waals surface area contributed by atoms with E-state index in [0.29, 0.717) is 11.3 Å². The highest BCUT2D eigenvalue weighted by Crippen LogP contribution is 2.32. The summed E-state index contributed by atoms with van der Waals surface area (Å²) >= 11 is 5.94. The normalized spacial score (nSPS) is 19.8. The number of pyridine rings is 1. The number of anilines is 1. The molecule has 1 aliphatic heterocycles. The first-order chi connectivity index (χ1) is 7.62. The molecule has 2 rings (SSSR count). The zero-order valence-corrected chi connectivity index (χ0v) is 10.8. The number of aromatic nitrogens is 1. The van der Waals surface area contributed by atoms with Crippen LogP contribution < -0.4 is 4.90 Å². The standard InChI is InChI=1S/C13H19ClN2/c1-13(2)5-8-16(9-6-13)12-11(10-14)4-3-7-15-12/h3-4,7H,5-6,8-10H2,1-2H3. The molecule has 88 valence electrons. The van der Waals surface area contributed by atoms with Crippen LogP contribution in [0.4, 0.5) is 5.82 Å². The van der Waals surface area contributed by atoms with Gasteiger partial charge >= 0.3 is 0 Å². The predicted octanol–water partition coefficient (Wildman–Crippen LogP) is 3.45. The molecule has 0 bridgehead atoms. The largest absolute Gasteiger partial charge is 0.356 e. The lowest BCUT2D eigenvalue weighted by Gasteiger charge is -2.38. The number of hydrogen-bond acceptors (Lipinski definition) is 2. The van der Waals surface area contributed by atoms with Crippen molar-refractivity contribution in [2.45, 2.75) is 32.6 Å².